The van der Waals surface area contributed by atoms with Crippen molar-refractivity contribution in [3.8, 4) is 28.6 Å². The van der Waals surface area contributed by atoms with Gasteiger partial charge in [0.25, 0.3) is 11.4 Å². The number of hydrogen-bond acceptors (Lipinski definition) is 6. The largest absolute Gasteiger partial charge is 0.497 e. The van der Waals surface area contributed by atoms with Gasteiger partial charge >= 0.3 is 0 Å². The van der Waals surface area contributed by atoms with Crippen LogP contribution in [-0.2, 0) is 17.9 Å². The van der Waals surface area contributed by atoms with Crippen molar-refractivity contribution in [2.24, 2.45) is 0 Å². The number of benzene rings is 2. The maximum absolute atomic E-state index is 12.9. The van der Waals surface area contributed by atoms with Crippen LogP contribution in [0.4, 0.5) is 0 Å². The molecule has 0 aliphatic carbocycles. The van der Waals surface area contributed by atoms with E-state index in [1.807, 2.05) is 55.5 Å². The van der Waals surface area contributed by atoms with E-state index in [1.165, 1.54) is 4.57 Å². The van der Waals surface area contributed by atoms with Crippen molar-refractivity contribution in [2.45, 2.75) is 20.0 Å². The first-order chi connectivity index (χ1) is 15.5. The van der Waals surface area contributed by atoms with E-state index in [4.69, 9.17) is 9.26 Å². The molecule has 2 heterocycles. The quantitative estimate of drug-likeness (QED) is 0.483. The molecule has 8 nitrogen and oxygen atoms in total. The lowest BCUT2D eigenvalue weighted by atomic mass is 10.1. The van der Waals surface area contributed by atoms with Crippen LogP contribution in [-0.4, -0.2) is 27.7 Å². The summed E-state index contributed by atoms with van der Waals surface area (Å²) in [6.07, 6.45) is 1.55. The zero-order valence-corrected chi connectivity index (χ0v) is 17.7. The minimum absolute atomic E-state index is 0.108. The zero-order chi connectivity index (χ0) is 22.5. The molecule has 32 heavy (non-hydrogen) atoms. The number of carbonyl (C=O) groups is 1. The van der Waals surface area contributed by atoms with E-state index in [0.717, 1.165) is 16.7 Å². The Bertz CT molecular complexity index is 1290. The Morgan fingerprint density at radius 3 is 2.72 bits per heavy atom. The second kappa shape index (κ2) is 9.30. The molecule has 4 rings (SSSR count). The van der Waals surface area contributed by atoms with Gasteiger partial charge in [-0.3, -0.25) is 9.59 Å². The highest BCUT2D eigenvalue weighted by molar-refractivity contribution is 5.75. The molecule has 0 aliphatic heterocycles. The first-order valence-electron chi connectivity index (χ1n) is 10.0. The number of pyridine rings is 1. The fourth-order valence-electron chi connectivity index (χ4n) is 3.17. The highest BCUT2D eigenvalue weighted by Crippen LogP contribution is 2.20. The second-order valence-corrected chi connectivity index (χ2v) is 7.27. The van der Waals surface area contributed by atoms with E-state index in [1.54, 1.807) is 25.4 Å². The highest BCUT2D eigenvalue weighted by Gasteiger charge is 2.16. The Labute approximate surface area is 184 Å². The molecule has 2 aromatic carbocycles. The molecule has 0 atom stereocenters. The van der Waals surface area contributed by atoms with Gasteiger partial charge in [0, 0.05) is 18.3 Å². The van der Waals surface area contributed by atoms with Crippen molar-refractivity contribution in [3.05, 3.63) is 88.3 Å². The Morgan fingerprint density at radius 1 is 1.12 bits per heavy atom. The number of methoxy groups -OCH3 is 1. The van der Waals surface area contributed by atoms with Crippen LogP contribution >= 0.6 is 0 Å². The molecule has 0 spiro atoms. The van der Waals surface area contributed by atoms with E-state index in [2.05, 4.69) is 15.5 Å². The summed E-state index contributed by atoms with van der Waals surface area (Å²) >= 11 is 0. The van der Waals surface area contributed by atoms with Gasteiger partial charge in [0.05, 0.1) is 7.11 Å². The lowest BCUT2D eigenvalue weighted by Gasteiger charge is -2.09. The van der Waals surface area contributed by atoms with Gasteiger partial charge in [-0.15, -0.1) is 0 Å². The molecule has 162 valence electrons. The van der Waals surface area contributed by atoms with Crippen molar-refractivity contribution >= 4 is 5.91 Å². The number of nitrogens with one attached hydrogen (secondary N) is 1. The minimum atomic E-state index is -0.386. The van der Waals surface area contributed by atoms with Gasteiger partial charge in [-0.2, -0.15) is 4.98 Å². The smallest absolute Gasteiger partial charge is 0.263 e. The molecule has 1 N–H and O–H groups in total. The van der Waals surface area contributed by atoms with Crippen LogP contribution in [0.3, 0.4) is 0 Å². The standard InChI is InChI=1S/C24H22N4O4/c1-16-8-10-18(11-9-16)22-26-23(32-27-22)20-7-4-12-28(24(20)30)15-21(29)25-14-17-5-3-6-19(13-17)31-2/h3-13H,14-15H2,1-2H3,(H,25,29). The van der Waals surface area contributed by atoms with Gasteiger partial charge in [-0.05, 0) is 36.8 Å². The molecule has 0 unspecified atom stereocenters. The summed E-state index contributed by atoms with van der Waals surface area (Å²) < 4.78 is 11.8. The van der Waals surface area contributed by atoms with Crippen molar-refractivity contribution in [1.82, 2.24) is 20.0 Å². The highest BCUT2D eigenvalue weighted by atomic mass is 16.5. The molecule has 0 saturated carbocycles. The maximum atomic E-state index is 12.9. The molecular formula is C24H22N4O4. The number of nitrogens with zero attached hydrogens (tertiary/aromatic N) is 3. The SMILES string of the molecule is COc1cccc(CNC(=O)Cn2cccc(-c3nc(-c4ccc(C)cc4)no3)c2=O)c1. The van der Waals surface area contributed by atoms with Crippen LogP contribution in [0.5, 0.6) is 5.75 Å². The fraction of sp³-hybridized carbons (Fsp3) is 0.167. The zero-order valence-electron chi connectivity index (χ0n) is 17.7. The molecule has 0 radical (unpaired) electrons. The summed E-state index contributed by atoms with van der Waals surface area (Å²) in [7, 11) is 1.59. The Morgan fingerprint density at radius 2 is 1.94 bits per heavy atom. The third kappa shape index (κ3) is 4.75. The topological polar surface area (TPSA) is 99.2 Å². The van der Waals surface area contributed by atoms with Crippen LogP contribution in [0.25, 0.3) is 22.8 Å². The lowest BCUT2D eigenvalue weighted by molar-refractivity contribution is -0.121. The van der Waals surface area contributed by atoms with Crippen LogP contribution in [0, 0.1) is 6.92 Å². The summed E-state index contributed by atoms with van der Waals surface area (Å²) in [5.41, 5.74) is 2.65. The first-order valence-corrected chi connectivity index (χ1v) is 10.0. The third-order valence-electron chi connectivity index (χ3n) is 4.92. The number of hydrogen-bond donors (Lipinski definition) is 1. The number of carbonyl (C=O) groups excluding carboxylic acids is 1. The summed E-state index contributed by atoms with van der Waals surface area (Å²) in [5, 5.41) is 6.79. The van der Waals surface area contributed by atoms with Gasteiger partial charge in [-0.25, -0.2) is 0 Å². The summed E-state index contributed by atoms with van der Waals surface area (Å²) in [6, 6.07) is 18.4. The van der Waals surface area contributed by atoms with Gasteiger partial charge < -0.3 is 19.1 Å². The van der Waals surface area contributed by atoms with Gasteiger partial charge in [0.15, 0.2) is 0 Å². The number of aromatic nitrogens is 3. The van der Waals surface area contributed by atoms with Crippen LogP contribution in [0.1, 0.15) is 11.1 Å². The van der Waals surface area contributed by atoms with Crippen molar-refractivity contribution in [2.75, 3.05) is 7.11 Å². The van der Waals surface area contributed by atoms with E-state index >= 15 is 0 Å². The number of ether oxygens (including phenoxy) is 1. The average molecular weight is 430 g/mol. The van der Waals surface area contributed by atoms with E-state index in [9.17, 15) is 9.59 Å². The molecule has 0 bridgehead atoms. The summed E-state index contributed by atoms with van der Waals surface area (Å²) in [6.45, 7) is 2.19. The van der Waals surface area contributed by atoms with Crippen LogP contribution in [0.2, 0.25) is 0 Å². The number of aryl methyl sites for hydroxylation is 1. The summed E-state index contributed by atoms with van der Waals surface area (Å²) in [4.78, 5) is 29.6. The van der Waals surface area contributed by atoms with Crippen molar-refractivity contribution < 1.29 is 14.1 Å². The molecule has 0 saturated heterocycles. The fourth-order valence-corrected chi connectivity index (χ4v) is 3.17. The van der Waals surface area contributed by atoms with E-state index in [-0.39, 0.29) is 29.5 Å². The monoisotopic (exact) mass is 430 g/mol. The number of rotatable bonds is 7. The van der Waals surface area contributed by atoms with Crippen LogP contribution in [0.15, 0.2) is 76.2 Å². The van der Waals surface area contributed by atoms with Gasteiger partial charge in [0.2, 0.25) is 11.7 Å². The Kier molecular flexibility index (Phi) is 6.12. The molecule has 2 aromatic heterocycles. The van der Waals surface area contributed by atoms with Crippen molar-refractivity contribution in [3.63, 3.8) is 0 Å². The van der Waals surface area contributed by atoms with E-state index in [0.29, 0.717) is 18.1 Å². The molecule has 0 fully saturated rings. The molecule has 0 aliphatic rings. The molecule has 4 aromatic rings. The van der Waals surface area contributed by atoms with Gasteiger partial charge in [0.1, 0.15) is 17.9 Å². The first kappa shape index (κ1) is 21.0. The predicted molar refractivity (Wildman–Crippen MR) is 119 cm³/mol. The van der Waals surface area contributed by atoms with E-state index < -0.39 is 0 Å². The average Bonchev–Trinajstić information content (AvgIpc) is 3.30. The number of amides is 1. The predicted octanol–water partition coefficient (Wildman–Crippen LogP) is 3.20. The third-order valence-corrected chi connectivity index (χ3v) is 4.92. The Hall–Kier alpha value is -4.20. The maximum Gasteiger partial charge on any atom is 0.263 e. The molecule has 1 amide bonds. The van der Waals surface area contributed by atoms with Gasteiger partial charge in [-0.1, -0.05) is 47.1 Å². The summed E-state index contributed by atoms with van der Waals surface area (Å²) in [5.74, 6) is 0.922. The minimum Gasteiger partial charge on any atom is -0.497 e. The normalized spacial score (nSPS) is 10.7. The lowest BCUT2D eigenvalue weighted by Crippen LogP contribution is -2.32. The Balaban J connectivity index is 1.47. The van der Waals surface area contributed by atoms with Crippen LogP contribution < -0.4 is 15.6 Å². The van der Waals surface area contributed by atoms with Crippen molar-refractivity contribution in [1.29, 1.82) is 0 Å². The molecular weight excluding hydrogens is 408 g/mol. The second-order valence-electron chi connectivity index (χ2n) is 7.27. The molecule has 8 heteroatoms.